The lowest BCUT2D eigenvalue weighted by Gasteiger charge is -2.10. The van der Waals surface area contributed by atoms with Crippen molar-refractivity contribution in [3.63, 3.8) is 0 Å². The van der Waals surface area contributed by atoms with Crippen molar-refractivity contribution < 1.29 is 13.9 Å². The summed E-state index contributed by atoms with van der Waals surface area (Å²) in [5.41, 5.74) is 1.04. The van der Waals surface area contributed by atoms with Crippen LogP contribution in [0.1, 0.15) is 22.8 Å². The summed E-state index contributed by atoms with van der Waals surface area (Å²) in [5.74, 6) is -0.0983. The number of hydrogen-bond donors (Lipinski definition) is 0. The minimum absolute atomic E-state index is 0.0443. The van der Waals surface area contributed by atoms with Crippen molar-refractivity contribution >= 4 is 17.4 Å². The third kappa shape index (κ3) is 3.12. The van der Waals surface area contributed by atoms with Gasteiger partial charge in [-0.15, -0.1) is 0 Å². The Bertz CT molecular complexity index is 611. The van der Waals surface area contributed by atoms with Crippen LogP contribution in [0.15, 0.2) is 42.5 Å². The molecule has 0 aromatic heterocycles. The third-order valence-electron chi connectivity index (χ3n) is 2.68. The number of ketones is 1. The van der Waals surface area contributed by atoms with Crippen molar-refractivity contribution in [1.82, 2.24) is 0 Å². The van der Waals surface area contributed by atoms with Crippen LogP contribution in [-0.4, -0.2) is 5.78 Å². The molecule has 0 fully saturated rings. The van der Waals surface area contributed by atoms with Gasteiger partial charge < -0.3 is 4.74 Å². The van der Waals surface area contributed by atoms with Gasteiger partial charge in [0.2, 0.25) is 0 Å². The fraction of sp³-hybridized carbons (Fsp3) is 0.133. The van der Waals surface area contributed by atoms with Crippen LogP contribution in [0.2, 0.25) is 5.02 Å². The molecule has 0 N–H and O–H groups in total. The first-order valence-corrected chi connectivity index (χ1v) is 6.13. The van der Waals surface area contributed by atoms with Gasteiger partial charge in [0, 0.05) is 5.56 Å². The van der Waals surface area contributed by atoms with Crippen molar-refractivity contribution in [2.45, 2.75) is 13.5 Å². The summed E-state index contributed by atoms with van der Waals surface area (Å²) in [7, 11) is 0. The summed E-state index contributed by atoms with van der Waals surface area (Å²) >= 11 is 5.84. The van der Waals surface area contributed by atoms with Crippen LogP contribution in [0, 0.1) is 5.82 Å². The minimum Gasteiger partial charge on any atom is -0.488 e. The number of hydrogen-bond acceptors (Lipinski definition) is 2. The smallest absolute Gasteiger partial charge is 0.163 e. The van der Waals surface area contributed by atoms with Crippen LogP contribution in [0.3, 0.4) is 0 Å². The molecule has 98 valence electrons. The molecule has 4 heteroatoms. The second-order valence-corrected chi connectivity index (χ2v) is 4.43. The molecule has 0 amide bonds. The molecular weight excluding hydrogens is 267 g/mol. The standard InChI is InChI=1S/C15H12ClFO2/c1-10(18)12-6-2-3-8-14(12)19-9-11-5-4-7-13(17)15(11)16/h2-8H,9H2,1H3. The van der Waals surface area contributed by atoms with Gasteiger partial charge in [0.05, 0.1) is 10.6 Å². The molecule has 0 bridgehead atoms. The van der Waals surface area contributed by atoms with E-state index in [9.17, 15) is 9.18 Å². The molecule has 0 unspecified atom stereocenters. The molecule has 0 radical (unpaired) electrons. The summed E-state index contributed by atoms with van der Waals surface area (Å²) in [6.45, 7) is 1.58. The van der Waals surface area contributed by atoms with Gasteiger partial charge in [-0.1, -0.05) is 35.9 Å². The maximum atomic E-state index is 13.3. The Morgan fingerprint density at radius 3 is 2.68 bits per heavy atom. The highest BCUT2D eigenvalue weighted by molar-refractivity contribution is 6.31. The summed E-state index contributed by atoms with van der Waals surface area (Å²) < 4.78 is 18.8. The van der Waals surface area contributed by atoms with Crippen LogP contribution < -0.4 is 4.74 Å². The number of carbonyl (C=O) groups excluding carboxylic acids is 1. The molecule has 19 heavy (non-hydrogen) atoms. The first kappa shape index (κ1) is 13.6. The second kappa shape index (κ2) is 5.85. The zero-order valence-electron chi connectivity index (χ0n) is 10.3. The van der Waals surface area contributed by atoms with E-state index < -0.39 is 5.82 Å². The van der Waals surface area contributed by atoms with Gasteiger partial charge in [-0.25, -0.2) is 4.39 Å². The summed E-state index contributed by atoms with van der Waals surface area (Å²) in [4.78, 5) is 11.4. The van der Waals surface area contributed by atoms with Crippen LogP contribution in [0.25, 0.3) is 0 Å². The van der Waals surface area contributed by atoms with Gasteiger partial charge in [0.1, 0.15) is 18.2 Å². The minimum atomic E-state index is -0.484. The lowest BCUT2D eigenvalue weighted by atomic mass is 10.1. The summed E-state index contributed by atoms with van der Waals surface area (Å²) in [6.07, 6.45) is 0. The molecule has 2 nitrogen and oxygen atoms in total. The molecular formula is C15H12ClFO2. The number of benzene rings is 2. The van der Waals surface area contributed by atoms with E-state index in [0.717, 1.165) is 0 Å². The maximum absolute atomic E-state index is 13.3. The molecule has 2 rings (SSSR count). The van der Waals surface area contributed by atoms with Crippen LogP contribution >= 0.6 is 11.6 Å². The normalized spacial score (nSPS) is 10.3. The predicted octanol–water partition coefficient (Wildman–Crippen LogP) is 4.26. The highest BCUT2D eigenvalue weighted by Gasteiger charge is 2.10. The summed E-state index contributed by atoms with van der Waals surface area (Å²) in [6, 6.07) is 11.5. The highest BCUT2D eigenvalue weighted by atomic mass is 35.5. The van der Waals surface area contributed by atoms with Crippen LogP contribution in [-0.2, 0) is 6.61 Å². The molecule has 0 saturated carbocycles. The SMILES string of the molecule is CC(=O)c1ccccc1OCc1cccc(F)c1Cl. The Morgan fingerprint density at radius 2 is 1.95 bits per heavy atom. The van der Waals surface area contributed by atoms with Crippen molar-refractivity contribution in [3.05, 3.63) is 64.4 Å². The Kier molecular flexibility index (Phi) is 4.17. The lowest BCUT2D eigenvalue weighted by Crippen LogP contribution is -2.02. The van der Waals surface area contributed by atoms with E-state index in [1.165, 1.54) is 13.0 Å². The Balaban J connectivity index is 2.19. The van der Waals surface area contributed by atoms with E-state index in [4.69, 9.17) is 16.3 Å². The molecule has 0 aliphatic heterocycles. The van der Waals surface area contributed by atoms with Gasteiger partial charge in [-0.3, -0.25) is 4.79 Å². The van der Waals surface area contributed by atoms with Crippen molar-refractivity contribution in [2.24, 2.45) is 0 Å². The first-order valence-electron chi connectivity index (χ1n) is 5.75. The van der Waals surface area contributed by atoms with E-state index in [-0.39, 0.29) is 17.4 Å². The highest BCUT2D eigenvalue weighted by Crippen LogP contribution is 2.23. The van der Waals surface area contributed by atoms with Gasteiger partial charge >= 0.3 is 0 Å². The number of Topliss-reactive ketones (excluding diaryl/α,β-unsaturated/α-hetero) is 1. The van der Waals surface area contributed by atoms with Crippen molar-refractivity contribution in [1.29, 1.82) is 0 Å². The van der Waals surface area contributed by atoms with Crippen molar-refractivity contribution in [3.8, 4) is 5.75 Å². The number of carbonyl (C=O) groups is 1. The lowest BCUT2D eigenvalue weighted by molar-refractivity contribution is 0.101. The van der Waals surface area contributed by atoms with E-state index in [1.807, 2.05) is 0 Å². The maximum Gasteiger partial charge on any atom is 0.163 e. The molecule has 0 atom stereocenters. The Labute approximate surface area is 115 Å². The van der Waals surface area contributed by atoms with Gasteiger partial charge in [-0.05, 0) is 25.1 Å². The van der Waals surface area contributed by atoms with Gasteiger partial charge in [0.25, 0.3) is 0 Å². The average molecular weight is 279 g/mol. The zero-order valence-corrected chi connectivity index (χ0v) is 11.1. The van der Waals surface area contributed by atoms with E-state index in [0.29, 0.717) is 16.9 Å². The largest absolute Gasteiger partial charge is 0.488 e. The molecule has 0 aliphatic rings. The second-order valence-electron chi connectivity index (χ2n) is 4.05. The van der Waals surface area contributed by atoms with Gasteiger partial charge in [0.15, 0.2) is 5.78 Å². The van der Waals surface area contributed by atoms with E-state index in [1.54, 1.807) is 36.4 Å². The fourth-order valence-electron chi connectivity index (χ4n) is 1.70. The zero-order chi connectivity index (χ0) is 13.8. The van der Waals surface area contributed by atoms with Crippen LogP contribution in [0.4, 0.5) is 4.39 Å². The monoisotopic (exact) mass is 278 g/mol. The van der Waals surface area contributed by atoms with Gasteiger partial charge in [-0.2, -0.15) is 0 Å². The Morgan fingerprint density at radius 1 is 1.21 bits per heavy atom. The van der Waals surface area contributed by atoms with E-state index >= 15 is 0 Å². The molecule has 0 spiro atoms. The molecule has 0 aliphatic carbocycles. The predicted molar refractivity (Wildman–Crippen MR) is 72.2 cm³/mol. The molecule has 2 aromatic rings. The van der Waals surface area contributed by atoms with E-state index in [2.05, 4.69) is 0 Å². The van der Waals surface area contributed by atoms with Crippen molar-refractivity contribution in [2.75, 3.05) is 0 Å². The quantitative estimate of drug-likeness (QED) is 0.781. The molecule has 0 saturated heterocycles. The number of rotatable bonds is 4. The molecule has 0 heterocycles. The average Bonchev–Trinajstić information content (AvgIpc) is 2.40. The third-order valence-corrected chi connectivity index (χ3v) is 3.10. The Hall–Kier alpha value is -1.87. The number of para-hydroxylation sites is 1. The number of ether oxygens (including phenoxy) is 1. The fourth-order valence-corrected chi connectivity index (χ4v) is 1.88. The molecule has 2 aromatic carbocycles. The summed E-state index contributed by atoms with van der Waals surface area (Å²) in [5, 5.41) is 0.0443. The first-order chi connectivity index (χ1) is 9.09. The topological polar surface area (TPSA) is 26.3 Å². The van der Waals surface area contributed by atoms with Crippen LogP contribution in [0.5, 0.6) is 5.75 Å². The number of halogens is 2.